The first-order chi connectivity index (χ1) is 32.1. The molecule has 1 aliphatic rings. The molecule has 4 N–H and O–H groups in total. The van der Waals surface area contributed by atoms with Crippen LogP contribution in [0.2, 0.25) is 0 Å². The maximum atomic E-state index is 12.9. The predicted molar refractivity (Wildman–Crippen MR) is 267 cm³/mol. The van der Waals surface area contributed by atoms with E-state index in [9.17, 15) is 33.1 Å². The van der Waals surface area contributed by atoms with Gasteiger partial charge in [-0.2, -0.15) is 8.42 Å². The summed E-state index contributed by atoms with van der Waals surface area (Å²) < 4.78 is 59.3. The minimum atomic E-state index is -5.06. The van der Waals surface area contributed by atoms with E-state index in [0.29, 0.717) is 13.0 Å². The quantitative estimate of drug-likeness (QED) is 0.0197. The fourth-order valence-electron chi connectivity index (χ4n) is 8.73. The summed E-state index contributed by atoms with van der Waals surface area (Å²) in [6, 6.07) is 0. The number of rotatable bonds is 49. The number of aliphatic hydroxyl groups excluding tert-OH is 3. The molecular weight excluding hydrogens is 861 g/mol. The van der Waals surface area contributed by atoms with Crippen molar-refractivity contribution in [2.24, 2.45) is 0 Å². The summed E-state index contributed by atoms with van der Waals surface area (Å²) in [5.41, 5.74) is 0. The monoisotopic (exact) mass is 963 g/mol. The number of unbranched alkanes of at least 4 members (excludes halogenated alkanes) is 34. The molecule has 0 aromatic heterocycles. The number of hydrogen-bond donors (Lipinski definition) is 4. The van der Waals surface area contributed by atoms with E-state index in [2.05, 4.69) is 30.2 Å². The standard InChI is InChI=1S/C53H102O12S/c1-3-5-7-9-11-13-15-17-19-21-23-24-25-27-29-31-33-35-37-39-41-43-61-45-47(46-62-53-51(57)52(65-66(58,59)60)50(56)48(44-54)64-53)63-49(55)42-40-38-36-34-32-30-28-26-22-20-18-16-14-12-10-8-6-4-2/h20,22,47-48,50-54,56-57H,3-19,21,23-46H2,1-2H3,(H,58,59,60)/b22-20-. The molecule has 1 fully saturated rings. The van der Waals surface area contributed by atoms with Crippen LogP contribution in [-0.4, -0.2) is 97.5 Å². The highest BCUT2D eigenvalue weighted by atomic mass is 32.3. The zero-order valence-electron chi connectivity index (χ0n) is 42.3. The van der Waals surface area contributed by atoms with Crippen molar-refractivity contribution in [3.8, 4) is 0 Å². The van der Waals surface area contributed by atoms with Gasteiger partial charge in [-0.3, -0.25) is 9.35 Å². The molecule has 0 bridgehead atoms. The van der Waals surface area contributed by atoms with Crippen molar-refractivity contribution in [2.75, 3.05) is 26.4 Å². The Balaban J connectivity index is 2.31. The number of carbonyl (C=O) groups excluding carboxylic acids is 1. The van der Waals surface area contributed by atoms with Gasteiger partial charge in [0.2, 0.25) is 0 Å². The van der Waals surface area contributed by atoms with Gasteiger partial charge in [-0.1, -0.05) is 225 Å². The molecule has 66 heavy (non-hydrogen) atoms. The molecule has 0 aliphatic carbocycles. The minimum absolute atomic E-state index is 0.0407. The number of esters is 1. The lowest BCUT2D eigenvalue weighted by Gasteiger charge is -2.41. The van der Waals surface area contributed by atoms with Gasteiger partial charge in [-0.05, 0) is 38.5 Å². The van der Waals surface area contributed by atoms with Crippen molar-refractivity contribution >= 4 is 16.4 Å². The van der Waals surface area contributed by atoms with Gasteiger partial charge >= 0.3 is 16.4 Å². The van der Waals surface area contributed by atoms with Crippen molar-refractivity contribution in [3.63, 3.8) is 0 Å². The zero-order valence-corrected chi connectivity index (χ0v) is 43.1. The molecule has 0 spiro atoms. The van der Waals surface area contributed by atoms with Crippen LogP contribution in [-0.2, 0) is 38.3 Å². The average Bonchev–Trinajstić information content (AvgIpc) is 3.29. The van der Waals surface area contributed by atoms with Gasteiger partial charge in [-0.15, -0.1) is 0 Å². The second kappa shape index (κ2) is 45.0. The Hall–Kier alpha value is -1.16. The second-order valence-electron chi connectivity index (χ2n) is 19.2. The first kappa shape index (κ1) is 62.9. The van der Waals surface area contributed by atoms with E-state index >= 15 is 0 Å². The summed E-state index contributed by atoms with van der Waals surface area (Å²) in [7, 11) is -5.06. The number of aliphatic hydroxyl groups is 3. The van der Waals surface area contributed by atoms with Crippen molar-refractivity contribution in [1.29, 1.82) is 0 Å². The zero-order chi connectivity index (χ0) is 48.2. The van der Waals surface area contributed by atoms with E-state index in [0.717, 1.165) is 44.9 Å². The van der Waals surface area contributed by atoms with Gasteiger partial charge in [0, 0.05) is 13.0 Å². The smallest absolute Gasteiger partial charge is 0.397 e. The molecule has 6 atom stereocenters. The Bertz CT molecular complexity index is 1200. The first-order valence-electron chi connectivity index (χ1n) is 27.4. The molecule has 0 aromatic carbocycles. The third-order valence-electron chi connectivity index (χ3n) is 12.9. The van der Waals surface area contributed by atoms with E-state index in [-0.39, 0.29) is 19.6 Å². The lowest BCUT2D eigenvalue weighted by atomic mass is 9.99. The van der Waals surface area contributed by atoms with Crippen LogP contribution in [0.5, 0.6) is 0 Å². The Morgan fingerprint density at radius 2 is 0.955 bits per heavy atom. The molecule has 392 valence electrons. The Kier molecular flexibility index (Phi) is 42.9. The summed E-state index contributed by atoms with van der Waals surface area (Å²) >= 11 is 0. The van der Waals surface area contributed by atoms with Crippen LogP contribution in [0.1, 0.15) is 258 Å². The maximum Gasteiger partial charge on any atom is 0.397 e. The highest BCUT2D eigenvalue weighted by molar-refractivity contribution is 7.80. The molecule has 6 unspecified atom stereocenters. The fourth-order valence-corrected chi connectivity index (χ4v) is 9.24. The lowest BCUT2D eigenvalue weighted by Crippen LogP contribution is -2.60. The second-order valence-corrected chi connectivity index (χ2v) is 20.2. The maximum absolute atomic E-state index is 12.9. The molecule has 12 nitrogen and oxygen atoms in total. The summed E-state index contributed by atoms with van der Waals surface area (Å²) in [5, 5.41) is 30.8. The van der Waals surface area contributed by atoms with Gasteiger partial charge in [0.15, 0.2) is 6.29 Å². The van der Waals surface area contributed by atoms with E-state index < -0.39 is 59.8 Å². The Morgan fingerprint density at radius 3 is 1.36 bits per heavy atom. The highest BCUT2D eigenvalue weighted by Gasteiger charge is 2.48. The Morgan fingerprint density at radius 1 is 0.561 bits per heavy atom. The SMILES string of the molecule is CCCCCCCCC/C=C\CCCCCCCCCC(=O)OC(COCCCCCCCCCCCCCCCCCCCCCCC)COC1OC(CO)C(O)C(OS(=O)(=O)O)C1O. The van der Waals surface area contributed by atoms with Gasteiger partial charge in [-0.25, -0.2) is 4.18 Å². The van der Waals surface area contributed by atoms with Crippen LogP contribution < -0.4 is 0 Å². The first-order valence-corrected chi connectivity index (χ1v) is 28.8. The number of allylic oxidation sites excluding steroid dienone is 2. The third kappa shape index (κ3) is 37.7. The topological polar surface area (TPSA) is 178 Å². The van der Waals surface area contributed by atoms with Crippen molar-refractivity contribution in [3.05, 3.63) is 12.2 Å². The van der Waals surface area contributed by atoms with Gasteiger partial charge < -0.3 is 34.3 Å². The lowest BCUT2D eigenvalue weighted by molar-refractivity contribution is -0.301. The van der Waals surface area contributed by atoms with Crippen LogP contribution in [0.4, 0.5) is 0 Å². The van der Waals surface area contributed by atoms with E-state index in [4.69, 9.17) is 18.9 Å². The number of hydrogen-bond acceptors (Lipinski definition) is 11. The van der Waals surface area contributed by atoms with Crippen LogP contribution in [0.25, 0.3) is 0 Å². The molecule has 13 heteroatoms. The van der Waals surface area contributed by atoms with Crippen molar-refractivity contribution in [2.45, 2.75) is 295 Å². The molecule has 0 aromatic rings. The largest absolute Gasteiger partial charge is 0.457 e. The van der Waals surface area contributed by atoms with Gasteiger partial charge in [0.05, 0.1) is 19.8 Å². The molecule has 1 aliphatic heterocycles. The molecule has 0 amide bonds. The van der Waals surface area contributed by atoms with E-state index in [1.165, 1.54) is 186 Å². The summed E-state index contributed by atoms with van der Waals surface area (Å²) in [5.74, 6) is -0.397. The minimum Gasteiger partial charge on any atom is -0.457 e. The highest BCUT2D eigenvalue weighted by Crippen LogP contribution is 2.26. The summed E-state index contributed by atoms with van der Waals surface area (Å²) in [4.78, 5) is 12.9. The van der Waals surface area contributed by atoms with Gasteiger partial charge in [0.25, 0.3) is 0 Å². The number of carbonyl (C=O) groups is 1. The molecular formula is C53H102O12S. The Labute approximate surface area is 404 Å². The predicted octanol–water partition coefficient (Wildman–Crippen LogP) is 13.0. The van der Waals surface area contributed by atoms with Gasteiger partial charge in [0.1, 0.15) is 30.5 Å². The van der Waals surface area contributed by atoms with Crippen molar-refractivity contribution in [1.82, 2.24) is 0 Å². The van der Waals surface area contributed by atoms with Crippen LogP contribution in [0, 0.1) is 0 Å². The molecule has 1 rings (SSSR count). The van der Waals surface area contributed by atoms with E-state index in [1.807, 2.05) is 0 Å². The molecule has 1 saturated heterocycles. The molecule has 0 saturated carbocycles. The summed E-state index contributed by atoms with van der Waals surface area (Å²) in [6.07, 6.45) is 42.4. The van der Waals surface area contributed by atoms with Crippen LogP contribution >= 0.6 is 0 Å². The normalized spacial score (nSPS) is 19.5. The number of ether oxygens (including phenoxy) is 4. The third-order valence-corrected chi connectivity index (χ3v) is 13.4. The van der Waals surface area contributed by atoms with Crippen LogP contribution in [0.15, 0.2) is 12.2 Å². The fraction of sp³-hybridized carbons (Fsp3) is 0.943. The molecule has 1 heterocycles. The average molecular weight is 963 g/mol. The summed E-state index contributed by atoms with van der Waals surface area (Å²) in [6.45, 7) is 4.05. The van der Waals surface area contributed by atoms with Crippen molar-refractivity contribution < 1.29 is 56.2 Å². The van der Waals surface area contributed by atoms with Crippen LogP contribution in [0.3, 0.4) is 0 Å². The molecule has 0 radical (unpaired) electrons. The van der Waals surface area contributed by atoms with E-state index in [1.54, 1.807) is 0 Å².